The number of amides is 3. The number of hydrogen-bond acceptors (Lipinski definition) is 9. The summed E-state index contributed by atoms with van der Waals surface area (Å²) in [6.07, 6.45) is 2.58. The van der Waals surface area contributed by atoms with Crippen LogP contribution < -0.4 is 43.4 Å². The highest BCUT2D eigenvalue weighted by atomic mass is 16.4. The Labute approximate surface area is 379 Å². The van der Waals surface area contributed by atoms with Crippen molar-refractivity contribution in [1.29, 1.82) is 0 Å². The average molecular weight is 905 g/mol. The van der Waals surface area contributed by atoms with E-state index in [2.05, 4.69) is 46.9 Å². The summed E-state index contributed by atoms with van der Waals surface area (Å²) in [6, 6.07) is 22.8. The Morgan fingerprint density at radius 1 is 0.569 bits per heavy atom. The zero-order chi connectivity index (χ0) is 48.6. The molecule has 0 aromatic heterocycles. The Kier molecular flexibility index (Phi) is 27.3. The Morgan fingerprint density at radius 2 is 0.923 bits per heavy atom. The number of nitrogens with two attached hydrogens (primary N) is 2. The van der Waals surface area contributed by atoms with E-state index < -0.39 is 47.8 Å². The van der Waals surface area contributed by atoms with E-state index in [-0.39, 0.29) is 12.3 Å². The summed E-state index contributed by atoms with van der Waals surface area (Å²) >= 11 is 0. The lowest BCUT2D eigenvalue weighted by Gasteiger charge is -2.15. The predicted octanol–water partition coefficient (Wildman–Crippen LogP) is 1.15. The normalized spacial score (nSPS) is 12.5. The SMILES string of the molecule is CN(C)C(N)=NCCCC(NC(=O)c1ccccc1)C(=O)O.CN=C(N)NCCCC(NC(=O)c1ccccc1)C(=O)O.CN=C(NC)NCCCC(NC(=O)c1ccccc1)C(=O)O. The first-order valence-corrected chi connectivity index (χ1v) is 20.6. The van der Waals surface area contributed by atoms with Gasteiger partial charge in [-0.05, 0) is 74.9 Å². The van der Waals surface area contributed by atoms with Gasteiger partial charge in [0.05, 0.1) is 0 Å². The minimum atomic E-state index is -1.06. The van der Waals surface area contributed by atoms with Gasteiger partial charge in [0.2, 0.25) is 0 Å². The third-order valence-electron chi connectivity index (χ3n) is 8.94. The summed E-state index contributed by atoms with van der Waals surface area (Å²) in [4.78, 5) is 82.9. The molecule has 0 fully saturated rings. The van der Waals surface area contributed by atoms with E-state index in [1.54, 1.807) is 131 Å². The van der Waals surface area contributed by atoms with Crippen molar-refractivity contribution in [2.45, 2.75) is 56.7 Å². The summed E-state index contributed by atoms with van der Waals surface area (Å²) in [7, 11) is 8.51. The van der Waals surface area contributed by atoms with Crippen LogP contribution in [0.15, 0.2) is 106 Å². The number of benzene rings is 3. The molecule has 65 heavy (non-hydrogen) atoms. The van der Waals surface area contributed by atoms with Crippen LogP contribution in [0.4, 0.5) is 0 Å². The first-order chi connectivity index (χ1) is 31.0. The van der Waals surface area contributed by atoms with E-state index in [1.165, 1.54) is 0 Å². The Morgan fingerprint density at radius 3 is 1.23 bits per heavy atom. The van der Waals surface area contributed by atoms with Crippen molar-refractivity contribution >= 4 is 53.5 Å². The molecule has 0 aliphatic rings. The van der Waals surface area contributed by atoms with Crippen LogP contribution in [0, 0.1) is 0 Å². The maximum atomic E-state index is 12.0. The third-order valence-corrected chi connectivity index (χ3v) is 8.94. The van der Waals surface area contributed by atoms with E-state index in [0.29, 0.717) is 86.3 Å². The van der Waals surface area contributed by atoms with Crippen LogP contribution in [-0.4, -0.2) is 147 Å². The molecule has 0 saturated carbocycles. The number of rotatable bonds is 21. The molecule has 21 nitrogen and oxygen atoms in total. The van der Waals surface area contributed by atoms with Gasteiger partial charge in [-0.25, -0.2) is 14.4 Å². The number of carboxylic acids is 3. The van der Waals surface area contributed by atoms with Gasteiger partial charge in [-0.2, -0.15) is 0 Å². The van der Waals surface area contributed by atoms with E-state index in [0.717, 1.165) is 0 Å². The van der Waals surface area contributed by atoms with Crippen molar-refractivity contribution in [2.24, 2.45) is 26.4 Å². The van der Waals surface area contributed by atoms with Crippen LogP contribution in [0.25, 0.3) is 0 Å². The Bertz CT molecular complexity index is 2000. The molecule has 3 amide bonds. The minimum Gasteiger partial charge on any atom is -0.480 e. The van der Waals surface area contributed by atoms with Crippen molar-refractivity contribution in [3.8, 4) is 0 Å². The maximum absolute atomic E-state index is 12.0. The second kappa shape index (κ2) is 32.0. The highest BCUT2D eigenvalue weighted by molar-refractivity contribution is 5.98. The number of aliphatic imine (C=N–C) groups is 3. The summed E-state index contributed by atoms with van der Waals surface area (Å²) in [5.41, 5.74) is 12.4. The highest BCUT2D eigenvalue weighted by Crippen LogP contribution is 2.06. The standard InChI is InChI=1S/2C15H22N4O3.C14H20N4O3/c1-19(2)15(16)17-10-6-9-12(14(21)22)18-13(20)11-7-4-3-5-8-11;1-16-15(17-2)18-10-6-9-12(14(21)22)19-13(20)11-7-4-3-5-8-11;1-16-14(15)17-9-5-8-11(13(20)21)18-12(19)10-6-3-2-4-7-10/h3-5,7-8,12H,6,9-10H2,1-2H3,(H2,16,17)(H,18,20)(H,21,22);3-5,7-8,12H,6,9-10H2,1-2H3,(H,19,20)(H,21,22)(H2,16,17,18);2-4,6-7,11H,5,8-9H2,1H3,(H,18,19)(H,20,21)(H3,15,16,17). The molecule has 21 heteroatoms. The summed E-state index contributed by atoms with van der Waals surface area (Å²) in [6.45, 7) is 1.47. The molecule has 3 aromatic carbocycles. The zero-order valence-corrected chi connectivity index (χ0v) is 37.5. The van der Waals surface area contributed by atoms with Crippen molar-refractivity contribution in [1.82, 2.24) is 36.8 Å². The number of guanidine groups is 3. The lowest BCUT2D eigenvalue weighted by atomic mass is 10.1. The molecule has 0 heterocycles. The third kappa shape index (κ3) is 23.9. The molecule has 0 bridgehead atoms. The van der Waals surface area contributed by atoms with E-state index >= 15 is 0 Å². The summed E-state index contributed by atoms with van der Waals surface area (Å²) in [5.74, 6) is -3.01. The Balaban J connectivity index is 0.000000488. The number of carbonyl (C=O) groups excluding carboxylic acids is 3. The van der Waals surface area contributed by atoms with Gasteiger partial charge in [-0.3, -0.25) is 29.4 Å². The number of carbonyl (C=O) groups is 6. The number of nitrogens with zero attached hydrogens (tertiary/aromatic N) is 4. The lowest BCUT2D eigenvalue weighted by Crippen LogP contribution is -2.41. The molecule has 0 radical (unpaired) electrons. The average Bonchev–Trinajstić information content (AvgIpc) is 3.31. The molecule has 3 unspecified atom stereocenters. The second-order valence-corrected chi connectivity index (χ2v) is 14.0. The molecule has 3 rings (SSSR count). The number of nitrogens with one attached hydrogen (secondary N) is 6. The van der Waals surface area contributed by atoms with Crippen molar-refractivity contribution in [3.63, 3.8) is 0 Å². The van der Waals surface area contributed by atoms with Gasteiger partial charge in [0.25, 0.3) is 17.7 Å². The van der Waals surface area contributed by atoms with Crippen LogP contribution in [0.1, 0.15) is 69.6 Å². The molecule has 3 aromatic rings. The fourth-order valence-corrected chi connectivity index (χ4v) is 5.29. The fraction of sp³-hybridized carbons (Fsp3) is 0.386. The molecular weight excluding hydrogens is 841 g/mol. The van der Waals surface area contributed by atoms with Gasteiger partial charge < -0.3 is 63.6 Å². The van der Waals surface area contributed by atoms with Crippen molar-refractivity contribution in [2.75, 3.05) is 54.9 Å². The molecule has 0 saturated heterocycles. The highest BCUT2D eigenvalue weighted by Gasteiger charge is 2.22. The van der Waals surface area contributed by atoms with Crippen LogP contribution in [0.5, 0.6) is 0 Å². The van der Waals surface area contributed by atoms with Gasteiger partial charge >= 0.3 is 17.9 Å². The largest absolute Gasteiger partial charge is 0.480 e. The molecular formula is C44H64N12O9. The summed E-state index contributed by atoms with van der Waals surface area (Å²) < 4.78 is 0. The molecule has 13 N–H and O–H groups in total. The van der Waals surface area contributed by atoms with Crippen molar-refractivity contribution in [3.05, 3.63) is 108 Å². The molecule has 0 aliphatic heterocycles. The van der Waals surface area contributed by atoms with E-state index in [4.69, 9.17) is 16.6 Å². The summed E-state index contributed by atoms with van der Waals surface area (Å²) in [5, 5.41) is 43.8. The van der Waals surface area contributed by atoms with E-state index in [1.807, 2.05) is 0 Å². The van der Waals surface area contributed by atoms with Gasteiger partial charge in [0.1, 0.15) is 18.1 Å². The maximum Gasteiger partial charge on any atom is 0.326 e. The minimum absolute atomic E-state index is 0.290. The van der Waals surface area contributed by atoms with Crippen LogP contribution in [0.2, 0.25) is 0 Å². The van der Waals surface area contributed by atoms with Crippen LogP contribution in [0.3, 0.4) is 0 Å². The van der Waals surface area contributed by atoms with Crippen molar-refractivity contribution < 1.29 is 44.1 Å². The molecule has 0 spiro atoms. The monoisotopic (exact) mass is 904 g/mol. The molecule has 3 atom stereocenters. The smallest absolute Gasteiger partial charge is 0.326 e. The topological polar surface area (TPSA) is 328 Å². The van der Waals surface area contributed by atoms with Gasteiger partial charge in [0.15, 0.2) is 17.9 Å². The number of carboxylic acid groups (broad SMARTS) is 3. The molecule has 354 valence electrons. The van der Waals surface area contributed by atoms with Gasteiger partial charge in [-0.15, -0.1) is 0 Å². The molecule has 0 aliphatic carbocycles. The quantitative estimate of drug-likeness (QED) is 0.0406. The number of hydrogen-bond donors (Lipinski definition) is 11. The number of aliphatic carboxylic acids is 3. The van der Waals surface area contributed by atoms with Crippen LogP contribution in [-0.2, 0) is 14.4 Å². The van der Waals surface area contributed by atoms with Gasteiger partial charge in [-0.1, -0.05) is 54.6 Å². The fourth-order valence-electron chi connectivity index (χ4n) is 5.29. The van der Waals surface area contributed by atoms with Crippen LogP contribution >= 0.6 is 0 Å². The van der Waals surface area contributed by atoms with Gasteiger partial charge in [0, 0.05) is 71.6 Å². The lowest BCUT2D eigenvalue weighted by molar-refractivity contribution is -0.140. The van der Waals surface area contributed by atoms with E-state index in [9.17, 15) is 39.0 Å². The first-order valence-electron chi connectivity index (χ1n) is 20.6. The predicted molar refractivity (Wildman–Crippen MR) is 250 cm³/mol. The zero-order valence-electron chi connectivity index (χ0n) is 37.5. The Hall–Kier alpha value is -7.71. The second-order valence-electron chi connectivity index (χ2n) is 14.0. The first kappa shape index (κ1) is 55.3.